The van der Waals surface area contributed by atoms with E-state index in [1.165, 1.54) is 18.2 Å². The molecule has 0 radical (unpaired) electrons. The number of ether oxygens (including phenoxy) is 1. The summed E-state index contributed by atoms with van der Waals surface area (Å²) in [6.07, 6.45) is 1.44. The third-order valence-corrected chi connectivity index (χ3v) is 4.67. The molecule has 0 saturated carbocycles. The molecule has 2 heterocycles. The quantitative estimate of drug-likeness (QED) is 0.528. The van der Waals surface area contributed by atoms with E-state index in [0.717, 1.165) is 16.7 Å². The normalized spacial score (nSPS) is 15.7. The molecule has 8 heteroatoms. The Kier molecular flexibility index (Phi) is 5.99. The first-order valence-corrected chi connectivity index (χ1v) is 9.42. The number of rotatable bonds is 6. The van der Waals surface area contributed by atoms with Gasteiger partial charge in [-0.2, -0.15) is 0 Å². The molecule has 0 atom stereocenters. The molecule has 0 bridgehead atoms. The molecular weight excluding hydrogens is 385 g/mol. The van der Waals surface area contributed by atoms with E-state index in [-0.39, 0.29) is 23.2 Å². The zero-order chi connectivity index (χ0) is 20.3. The number of hydrogen-bond donors (Lipinski definition) is 0. The van der Waals surface area contributed by atoms with Crippen molar-refractivity contribution in [3.05, 3.63) is 52.9 Å². The predicted molar refractivity (Wildman–Crippen MR) is 103 cm³/mol. The lowest BCUT2D eigenvalue weighted by molar-refractivity contribution is -0.147. The van der Waals surface area contributed by atoms with E-state index in [9.17, 15) is 18.8 Å². The lowest BCUT2D eigenvalue weighted by Gasteiger charge is -2.12. The maximum absolute atomic E-state index is 13.0. The van der Waals surface area contributed by atoms with Gasteiger partial charge in [-0.25, -0.2) is 4.39 Å². The fraction of sp³-hybridized carbons (Fsp3) is 0.250. The van der Waals surface area contributed by atoms with Gasteiger partial charge in [0, 0.05) is 11.6 Å². The Balaban J connectivity index is 1.70. The molecule has 3 rings (SSSR count). The van der Waals surface area contributed by atoms with E-state index < -0.39 is 23.7 Å². The number of amides is 2. The second-order valence-corrected chi connectivity index (χ2v) is 7.55. The highest BCUT2D eigenvalue weighted by Gasteiger charge is 2.37. The highest BCUT2D eigenvalue weighted by atomic mass is 32.2. The van der Waals surface area contributed by atoms with E-state index in [2.05, 4.69) is 0 Å². The monoisotopic (exact) mass is 403 g/mol. The molecule has 0 unspecified atom stereocenters. The molecule has 1 saturated heterocycles. The molecular formula is C20H18FNO5S. The summed E-state index contributed by atoms with van der Waals surface area (Å²) >= 11 is 0.731. The van der Waals surface area contributed by atoms with Gasteiger partial charge in [0.1, 0.15) is 23.9 Å². The Bertz CT molecular complexity index is 932. The van der Waals surface area contributed by atoms with Crippen LogP contribution < -0.4 is 0 Å². The number of thioether (sulfide) groups is 1. The number of carbonyl (C=O) groups is 3. The SMILES string of the molecule is CC(C)COC(=O)CN1C(=O)S/C(=C\c2ccc(-c3ccc(F)cc3)o2)C1=O. The van der Waals surface area contributed by atoms with Gasteiger partial charge in [0.05, 0.1) is 11.5 Å². The largest absolute Gasteiger partial charge is 0.464 e. The molecule has 6 nitrogen and oxygen atoms in total. The third kappa shape index (κ3) is 4.69. The average Bonchev–Trinajstić information content (AvgIpc) is 3.21. The van der Waals surface area contributed by atoms with Crippen molar-refractivity contribution in [1.82, 2.24) is 4.90 Å². The zero-order valence-corrected chi connectivity index (χ0v) is 16.1. The first-order chi connectivity index (χ1) is 13.3. The first-order valence-electron chi connectivity index (χ1n) is 8.60. The number of carbonyl (C=O) groups excluding carboxylic acids is 3. The van der Waals surface area contributed by atoms with Gasteiger partial charge in [-0.15, -0.1) is 0 Å². The fourth-order valence-corrected chi connectivity index (χ4v) is 3.22. The summed E-state index contributed by atoms with van der Waals surface area (Å²) in [4.78, 5) is 37.3. The number of furan rings is 1. The highest BCUT2D eigenvalue weighted by molar-refractivity contribution is 8.18. The molecule has 1 aliphatic heterocycles. The summed E-state index contributed by atoms with van der Waals surface area (Å²) in [6, 6.07) is 9.13. The van der Waals surface area contributed by atoms with Crippen molar-refractivity contribution in [1.29, 1.82) is 0 Å². The lowest BCUT2D eigenvalue weighted by atomic mass is 10.2. The minimum Gasteiger partial charge on any atom is -0.464 e. The van der Waals surface area contributed by atoms with Crippen LogP contribution in [-0.4, -0.2) is 35.2 Å². The van der Waals surface area contributed by atoms with E-state index in [4.69, 9.17) is 9.15 Å². The number of benzene rings is 1. The van der Waals surface area contributed by atoms with E-state index in [0.29, 0.717) is 17.1 Å². The van der Waals surface area contributed by atoms with E-state index in [1.54, 1.807) is 24.3 Å². The second-order valence-electron chi connectivity index (χ2n) is 6.55. The van der Waals surface area contributed by atoms with Crippen molar-refractivity contribution >= 4 is 35.0 Å². The molecule has 1 aromatic heterocycles. The molecule has 2 amide bonds. The minimum atomic E-state index is -0.631. The Hall–Kier alpha value is -2.87. The van der Waals surface area contributed by atoms with Gasteiger partial charge in [-0.05, 0) is 54.1 Å². The number of halogens is 1. The molecule has 0 N–H and O–H groups in total. The fourth-order valence-electron chi connectivity index (χ4n) is 2.40. The first kappa shape index (κ1) is 19.9. The smallest absolute Gasteiger partial charge is 0.326 e. The predicted octanol–water partition coefficient (Wildman–Crippen LogP) is 4.32. The standard InChI is InChI=1S/C20H18FNO5S/c1-12(2)11-26-18(23)10-22-19(24)17(28-20(22)25)9-15-7-8-16(27-15)13-3-5-14(21)6-4-13/h3-9,12H,10-11H2,1-2H3/b17-9-. The second kappa shape index (κ2) is 8.43. The summed E-state index contributed by atoms with van der Waals surface area (Å²) in [5, 5.41) is -0.539. The zero-order valence-electron chi connectivity index (χ0n) is 15.3. The Morgan fingerprint density at radius 1 is 1.21 bits per heavy atom. The summed E-state index contributed by atoms with van der Waals surface area (Å²) in [5.41, 5.74) is 0.682. The van der Waals surface area contributed by atoms with Crippen molar-refractivity contribution in [2.45, 2.75) is 13.8 Å². The van der Waals surface area contributed by atoms with Crippen LogP contribution in [0.4, 0.5) is 9.18 Å². The summed E-state index contributed by atoms with van der Waals surface area (Å²) < 4.78 is 23.7. The highest BCUT2D eigenvalue weighted by Crippen LogP contribution is 2.33. The molecule has 0 spiro atoms. The number of imide groups is 1. The minimum absolute atomic E-state index is 0.154. The van der Waals surface area contributed by atoms with Gasteiger partial charge in [-0.3, -0.25) is 19.3 Å². The van der Waals surface area contributed by atoms with Gasteiger partial charge in [0.15, 0.2) is 0 Å². The average molecular weight is 403 g/mol. The van der Waals surface area contributed by atoms with Crippen LogP contribution in [0.5, 0.6) is 0 Å². The van der Waals surface area contributed by atoms with Crippen LogP contribution in [0.3, 0.4) is 0 Å². The number of hydrogen-bond acceptors (Lipinski definition) is 6. The molecule has 1 fully saturated rings. The maximum Gasteiger partial charge on any atom is 0.326 e. The number of esters is 1. The summed E-state index contributed by atoms with van der Waals surface area (Å²) in [5.74, 6) is -0.524. The van der Waals surface area contributed by atoms with Crippen molar-refractivity contribution in [3.63, 3.8) is 0 Å². The molecule has 28 heavy (non-hydrogen) atoms. The van der Waals surface area contributed by atoms with Crippen molar-refractivity contribution in [2.75, 3.05) is 13.2 Å². The van der Waals surface area contributed by atoms with Crippen LogP contribution in [0.2, 0.25) is 0 Å². The van der Waals surface area contributed by atoms with E-state index >= 15 is 0 Å². The molecule has 2 aromatic rings. The Morgan fingerprint density at radius 2 is 1.93 bits per heavy atom. The van der Waals surface area contributed by atoms with Gasteiger partial charge in [0.25, 0.3) is 11.1 Å². The van der Waals surface area contributed by atoms with Crippen molar-refractivity contribution in [2.24, 2.45) is 5.92 Å². The topological polar surface area (TPSA) is 76.8 Å². The van der Waals surface area contributed by atoms with Gasteiger partial charge in [0.2, 0.25) is 0 Å². The van der Waals surface area contributed by atoms with Gasteiger partial charge >= 0.3 is 5.97 Å². The Morgan fingerprint density at radius 3 is 2.61 bits per heavy atom. The molecule has 1 aliphatic rings. The Labute approximate surface area is 165 Å². The van der Waals surface area contributed by atoms with Crippen LogP contribution >= 0.6 is 11.8 Å². The number of nitrogens with zero attached hydrogens (tertiary/aromatic N) is 1. The molecule has 146 valence electrons. The van der Waals surface area contributed by atoms with Crippen LogP contribution in [0, 0.1) is 11.7 Å². The van der Waals surface area contributed by atoms with Gasteiger partial charge in [-0.1, -0.05) is 13.8 Å². The summed E-state index contributed by atoms with van der Waals surface area (Å²) in [6.45, 7) is 3.58. The molecule has 0 aliphatic carbocycles. The summed E-state index contributed by atoms with van der Waals surface area (Å²) in [7, 11) is 0. The van der Waals surface area contributed by atoms with E-state index in [1.807, 2.05) is 13.8 Å². The van der Waals surface area contributed by atoms with Crippen molar-refractivity contribution in [3.8, 4) is 11.3 Å². The lowest BCUT2D eigenvalue weighted by Crippen LogP contribution is -2.34. The van der Waals surface area contributed by atoms with Crippen LogP contribution in [-0.2, 0) is 14.3 Å². The molecule has 1 aromatic carbocycles. The van der Waals surface area contributed by atoms with Crippen LogP contribution in [0.1, 0.15) is 19.6 Å². The van der Waals surface area contributed by atoms with Crippen LogP contribution in [0.25, 0.3) is 17.4 Å². The van der Waals surface area contributed by atoms with Crippen molar-refractivity contribution < 1.29 is 27.9 Å². The third-order valence-electron chi connectivity index (χ3n) is 3.77. The maximum atomic E-state index is 13.0. The van der Waals surface area contributed by atoms with Gasteiger partial charge < -0.3 is 9.15 Å². The van der Waals surface area contributed by atoms with Crippen LogP contribution in [0.15, 0.2) is 45.7 Å².